The molecule has 2 rings (SSSR count). The Bertz CT molecular complexity index is 511. The standard InChI is InChI=1S/C12H12BrN3S/c1-8-5-11(14)16-12(15-8)17-7-9-3-2-4-10(13)6-9/h2-6H,7H2,1H3,(H2,14,15,16). The minimum Gasteiger partial charge on any atom is -0.384 e. The fourth-order valence-electron chi connectivity index (χ4n) is 1.40. The van der Waals surface area contributed by atoms with Crippen LogP contribution in [0.3, 0.4) is 0 Å². The summed E-state index contributed by atoms with van der Waals surface area (Å²) < 4.78 is 1.08. The molecule has 2 N–H and O–H groups in total. The molecule has 0 unspecified atom stereocenters. The van der Waals surface area contributed by atoms with Crippen LogP contribution in [-0.4, -0.2) is 9.97 Å². The highest BCUT2D eigenvalue weighted by molar-refractivity contribution is 9.10. The second kappa shape index (κ2) is 5.51. The Balaban J connectivity index is 2.07. The Kier molecular flexibility index (Phi) is 4.02. The van der Waals surface area contributed by atoms with Crippen LogP contribution in [0.15, 0.2) is 40.0 Å². The van der Waals surface area contributed by atoms with Gasteiger partial charge in [0.1, 0.15) is 5.82 Å². The predicted octanol–water partition coefficient (Wildman–Crippen LogP) is 3.42. The maximum absolute atomic E-state index is 5.68. The van der Waals surface area contributed by atoms with Gasteiger partial charge in [0.15, 0.2) is 5.16 Å². The SMILES string of the molecule is Cc1cc(N)nc(SCc2cccc(Br)c2)n1. The van der Waals surface area contributed by atoms with Gasteiger partial charge in [-0.25, -0.2) is 9.97 Å². The van der Waals surface area contributed by atoms with E-state index in [0.717, 1.165) is 21.1 Å². The molecule has 1 aromatic heterocycles. The highest BCUT2D eigenvalue weighted by atomic mass is 79.9. The van der Waals surface area contributed by atoms with Crippen LogP contribution in [0, 0.1) is 6.92 Å². The summed E-state index contributed by atoms with van der Waals surface area (Å²) in [7, 11) is 0. The van der Waals surface area contributed by atoms with Crippen molar-refractivity contribution < 1.29 is 0 Å². The third-order valence-corrected chi connectivity index (χ3v) is 3.52. The van der Waals surface area contributed by atoms with Crippen LogP contribution >= 0.6 is 27.7 Å². The van der Waals surface area contributed by atoms with Crippen LogP contribution in [0.5, 0.6) is 0 Å². The van der Waals surface area contributed by atoms with Crippen molar-refractivity contribution in [2.45, 2.75) is 17.8 Å². The van der Waals surface area contributed by atoms with Crippen LogP contribution < -0.4 is 5.73 Å². The van der Waals surface area contributed by atoms with Gasteiger partial charge in [-0.2, -0.15) is 0 Å². The van der Waals surface area contributed by atoms with Gasteiger partial charge in [0.05, 0.1) is 0 Å². The van der Waals surface area contributed by atoms with Crippen LogP contribution in [-0.2, 0) is 5.75 Å². The molecule has 0 aliphatic rings. The van der Waals surface area contributed by atoms with E-state index in [0.29, 0.717) is 5.82 Å². The Labute approximate surface area is 113 Å². The van der Waals surface area contributed by atoms with E-state index in [1.54, 1.807) is 17.8 Å². The average Bonchev–Trinajstić information content (AvgIpc) is 2.25. The number of hydrogen-bond acceptors (Lipinski definition) is 4. The number of benzene rings is 1. The molecule has 0 saturated heterocycles. The van der Waals surface area contributed by atoms with Gasteiger partial charge in [0, 0.05) is 22.0 Å². The molecule has 0 spiro atoms. The van der Waals surface area contributed by atoms with Gasteiger partial charge in [-0.1, -0.05) is 39.8 Å². The maximum atomic E-state index is 5.68. The lowest BCUT2D eigenvalue weighted by molar-refractivity contribution is 0.940. The van der Waals surface area contributed by atoms with E-state index in [2.05, 4.69) is 38.0 Å². The average molecular weight is 310 g/mol. The zero-order valence-corrected chi connectivity index (χ0v) is 11.8. The number of halogens is 1. The molecule has 0 saturated carbocycles. The molecule has 0 atom stereocenters. The molecule has 0 amide bonds. The first kappa shape index (κ1) is 12.4. The highest BCUT2D eigenvalue weighted by Crippen LogP contribution is 2.22. The molecule has 17 heavy (non-hydrogen) atoms. The zero-order chi connectivity index (χ0) is 12.3. The number of anilines is 1. The minimum absolute atomic E-state index is 0.522. The van der Waals surface area contributed by atoms with Gasteiger partial charge in [0.25, 0.3) is 0 Å². The maximum Gasteiger partial charge on any atom is 0.190 e. The molecule has 0 fully saturated rings. The lowest BCUT2D eigenvalue weighted by Crippen LogP contribution is -1.96. The molecule has 3 nitrogen and oxygen atoms in total. The number of nitrogens with zero attached hydrogens (tertiary/aromatic N) is 2. The molecule has 0 aliphatic carbocycles. The summed E-state index contributed by atoms with van der Waals surface area (Å²) in [6.07, 6.45) is 0. The predicted molar refractivity (Wildman–Crippen MR) is 74.9 cm³/mol. The van der Waals surface area contributed by atoms with Gasteiger partial charge < -0.3 is 5.73 Å². The van der Waals surface area contributed by atoms with E-state index < -0.39 is 0 Å². The largest absolute Gasteiger partial charge is 0.384 e. The van der Waals surface area contributed by atoms with E-state index in [1.807, 2.05) is 19.1 Å². The van der Waals surface area contributed by atoms with Gasteiger partial charge >= 0.3 is 0 Å². The molecule has 1 aromatic carbocycles. The number of rotatable bonds is 3. The van der Waals surface area contributed by atoms with Crippen molar-refractivity contribution in [2.24, 2.45) is 0 Å². The number of nitrogen functional groups attached to an aromatic ring is 1. The van der Waals surface area contributed by atoms with Crippen molar-refractivity contribution in [2.75, 3.05) is 5.73 Å². The second-order valence-corrected chi connectivity index (χ2v) is 5.49. The van der Waals surface area contributed by atoms with E-state index in [1.165, 1.54) is 5.56 Å². The first-order valence-electron chi connectivity index (χ1n) is 5.12. The first-order valence-corrected chi connectivity index (χ1v) is 6.90. The summed E-state index contributed by atoms with van der Waals surface area (Å²) in [6, 6.07) is 9.97. The van der Waals surface area contributed by atoms with Gasteiger partial charge in [-0.05, 0) is 24.6 Å². The van der Waals surface area contributed by atoms with E-state index in [9.17, 15) is 0 Å². The molecule has 0 bridgehead atoms. The molecule has 1 heterocycles. The summed E-state index contributed by atoms with van der Waals surface area (Å²) in [5.74, 6) is 1.36. The van der Waals surface area contributed by atoms with Crippen molar-refractivity contribution in [1.82, 2.24) is 9.97 Å². The molecule has 88 valence electrons. The quantitative estimate of drug-likeness (QED) is 0.697. The molecule has 0 aliphatic heterocycles. The third-order valence-electron chi connectivity index (χ3n) is 2.11. The topological polar surface area (TPSA) is 51.8 Å². The fourth-order valence-corrected chi connectivity index (χ4v) is 2.70. The smallest absolute Gasteiger partial charge is 0.190 e. The van der Waals surface area contributed by atoms with Crippen molar-refractivity contribution >= 4 is 33.5 Å². The number of aromatic nitrogens is 2. The minimum atomic E-state index is 0.522. The second-order valence-electron chi connectivity index (χ2n) is 3.64. The van der Waals surface area contributed by atoms with E-state index in [-0.39, 0.29) is 0 Å². The van der Waals surface area contributed by atoms with Crippen LogP contribution in [0.4, 0.5) is 5.82 Å². The molecular weight excluding hydrogens is 298 g/mol. The monoisotopic (exact) mass is 309 g/mol. The summed E-state index contributed by atoms with van der Waals surface area (Å²) in [4.78, 5) is 8.52. The van der Waals surface area contributed by atoms with Crippen LogP contribution in [0.25, 0.3) is 0 Å². The molecular formula is C12H12BrN3S. The third kappa shape index (κ3) is 3.71. The van der Waals surface area contributed by atoms with Crippen LogP contribution in [0.1, 0.15) is 11.3 Å². The van der Waals surface area contributed by atoms with Gasteiger partial charge in [0.2, 0.25) is 0 Å². The van der Waals surface area contributed by atoms with Crippen molar-refractivity contribution in [3.8, 4) is 0 Å². The normalized spacial score (nSPS) is 10.5. The van der Waals surface area contributed by atoms with Crippen molar-refractivity contribution in [1.29, 1.82) is 0 Å². The fraction of sp³-hybridized carbons (Fsp3) is 0.167. The molecule has 5 heteroatoms. The zero-order valence-electron chi connectivity index (χ0n) is 9.35. The van der Waals surface area contributed by atoms with Crippen molar-refractivity contribution in [3.05, 3.63) is 46.1 Å². The Morgan fingerprint density at radius 2 is 2.12 bits per heavy atom. The summed E-state index contributed by atoms with van der Waals surface area (Å²) in [5.41, 5.74) is 7.81. The number of thioether (sulfide) groups is 1. The van der Waals surface area contributed by atoms with Gasteiger partial charge in [-0.3, -0.25) is 0 Å². The van der Waals surface area contributed by atoms with E-state index in [4.69, 9.17) is 5.73 Å². The summed E-state index contributed by atoms with van der Waals surface area (Å²) in [6.45, 7) is 1.92. The number of hydrogen-bond donors (Lipinski definition) is 1. The Morgan fingerprint density at radius 3 is 2.82 bits per heavy atom. The van der Waals surface area contributed by atoms with Crippen LogP contribution in [0.2, 0.25) is 0 Å². The van der Waals surface area contributed by atoms with E-state index >= 15 is 0 Å². The first-order chi connectivity index (χ1) is 8.13. The number of nitrogens with two attached hydrogens (primary N) is 1. The summed E-state index contributed by atoms with van der Waals surface area (Å²) in [5, 5.41) is 0.725. The van der Waals surface area contributed by atoms with Gasteiger partial charge in [-0.15, -0.1) is 0 Å². The Morgan fingerprint density at radius 1 is 1.29 bits per heavy atom. The lowest BCUT2D eigenvalue weighted by atomic mass is 10.2. The molecule has 0 radical (unpaired) electrons. The van der Waals surface area contributed by atoms with Crippen molar-refractivity contribution in [3.63, 3.8) is 0 Å². The Hall–Kier alpha value is -1.07. The molecule has 2 aromatic rings. The lowest BCUT2D eigenvalue weighted by Gasteiger charge is -2.03. The summed E-state index contributed by atoms with van der Waals surface area (Å²) >= 11 is 5.04. The number of aryl methyl sites for hydroxylation is 1. The highest BCUT2D eigenvalue weighted by Gasteiger charge is 2.02.